The van der Waals surface area contributed by atoms with Gasteiger partial charge in [0, 0.05) is 33.1 Å². The first-order valence-electron chi connectivity index (χ1n) is 10.9. The van der Waals surface area contributed by atoms with Gasteiger partial charge in [0.05, 0.1) is 23.2 Å². The van der Waals surface area contributed by atoms with Crippen molar-refractivity contribution < 1.29 is 0 Å². The molecule has 1 aliphatic rings. The van der Waals surface area contributed by atoms with E-state index < -0.39 is 0 Å². The van der Waals surface area contributed by atoms with E-state index in [0.29, 0.717) is 10.9 Å². The molecule has 1 fully saturated rings. The summed E-state index contributed by atoms with van der Waals surface area (Å²) in [7, 11) is 0. The minimum atomic E-state index is -0.158. The van der Waals surface area contributed by atoms with Gasteiger partial charge in [-0.15, -0.1) is 0 Å². The molecule has 1 saturated carbocycles. The summed E-state index contributed by atoms with van der Waals surface area (Å²) < 4.78 is 4.22. The van der Waals surface area contributed by atoms with Gasteiger partial charge in [-0.3, -0.25) is 4.79 Å². The van der Waals surface area contributed by atoms with Gasteiger partial charge in [-0.1, -0.05) is 53.4 Å². The molecule has 2 aromatic heterocycles. The predicted octanol–water partition coefficient (Wildman–Crippen LogP) is 5.57. The molecule has 2 aromatic carbocycles. The summed E-state index contributed by atoms with van der Waals surface area (Å²) >= 11 is 3.46. The molecule has 160 valence electrons. The van der Waals surface area contributed by atoms with Crippen LogP contribution in [0.5, 0.6) is 0 Å². The Kier molecular flexibility index (Phi) is 5.62. The molecular formula is C25H22BrN5O. The lowest BCUT2D eigenvalue weighted by molar-refractivity contribution is 0.416. The van der Waals surface area contributed by atoms with Crippen LogP contribution in [-0.4, -0.2) is 20.4 Å². The van der Waals surface area contributed by atoms with Crippen molar-refractivity contribution >= 4 is 44.0 Å². The van der Waals surface area contributed by atoms with E-state index in [-0.39, 0.29) is 18.0 Å². The molecule has 0 atom stereocenters. The fourth-order valence-corrected chi connectivity index (χ4v) is 4.97. The van der Waals surface area contributed by atoms with E-state index in [2.05, 4.69) is 27.1 Å². The lowest BCUT2D eigenvalue weighted by atomic mass is 9.88. The van der Waals surface area contributed by atoms with Gasteiger partial charge < -0.3 is 4.57 Å². The van der Waals surface area contributed by atoms with Gasteiger partial charge in [0.1, 0.15) is 12.4 Å². The predicted molar refractivity (Wildman–Crippen MR) is 130 cm³/mol. The van der Waals surface area contributed by atoms with Gasteiger partial charge in [-0.05, 0) is 37.1 Å². The van der Waals surface area contributed by atoms with Gasteiger partial charge in [0.25, 0.3) is 5.56 Å². The molecule has 6 nitrogen and oxygen atoms in total. The second-order valence-electron chi connectivity index (χ2n) is 8.22. The van der Waals surface area contributed by atoms with Crippen molar-refractivity contribution in [1.82, 2.24) is 14.2 Å². The molecule has 5 rings (SSSR count). The molecular weight excluding hydrogens is 466 g/mol. The summed E-state index contributed by atoms with van der Waals surface area (Å²) in [5.74, 6) is 0.961. The largest absolute Gasteiger partial charge is 0.333 e. The fourth-order valence-electron chi connectivity index (χ4n) is 4.61. The van der Waals surface area contributed by atoms with Gasteiger partial charge in [0.2, 0.25) is 0 Å². The van der Waals surface area contributed by atoms with Crippen molar-refractivity contribution in [3.8, 4) is 6.07 Å². The van der Waals surface area contributed by atoms with Gasteiger partial charge in [-0.25, -0.2) is 4.98 Å². The highest BCUT2D eigenvalue weighted by Gasteiger charge is 2.22. The first-order valence-corrected chi connectivity index (χ1v) is 11.7. The number of hydrogen-bond acceptors (Lipinski definition) is 4. The van der Waals surface area contributed by atoms with Crippen molar-refractivity contribution in [3.63, 3.8) is 0 Å². The average Bonchev–Trinajstić information content (AvgIpc) is 3.17. The Hall–Kier alpha value is -3.24. The molecule has 0 aliphatic heterocycles. The van der Waals surface area contributed by atoms with Crippen molar-refractivity contribution in [1.29, 1.82) is 5.26 Å². The molecule has 7 heteroatoms. The van der Waals surface area contributed by atoms with E-state index in [1.165, 1.54) is 11.1 Å². The third-order valence-electron chi connectivity index (χ3n) is 6.18. The Morgan fingerprint density at radius 3 is 2.78 bits per heavy atom. The third-order valence-corrected chi connectivity index (χ3v) is 6.67. The van der Waals surface area contributed by atoms with Crippen LogP contribution in [0.2, 0.25) is 0 Å². The number of halogens is 1. The molecule has 0 bridgehead atoms. The highest BCUT2D eigenvalue weighted by atomic mass is 79.9. The summed E-state index contributed by atoms with van der Waals surface area (Å²) in [6.45, 7) is 0.257. The minimum absolute atomic E-state index is 0.158. The zero-order valence-corrected chi connectivity index (χ0v) is 19.1. The summed E-state index contributed by atoms with van der Waals surface area (Å²) in [4.78, 5) is 18.4. The molecule has 1 aliphatic carbocycles. The van der Waals surface area contributed by atoms with Gasteiger partial charge in [-0.2, -0.15) is 15.0 Å². The van der Waals surface area contributed by atoms with E-state index in [9.17, 15) is 10.1 Å². The molecule has 0 saturated heterocycles. The number of hydrogen-bond donors (Lipinski definition) is 0. The molecule has 0 unspecified atom stereocenters. The number of para-hydroxylation sites is 1. The second-order valence-corrected chi connectivity index (χ2v) is 9.13. The maximum Gasteiger partial charge on any atom is 0.282 e. The van der Waals surface area contributed by atoms with Crippen LogP contribution >= 0.6 is 15.9 Å². The normalized spacial score (nSPS) is 15.0. The summed E-state index contributed by atoms with van der Waals surface area (Å²) in [5, 5.41) is 15.4. The Bertz CT molecular complexity index is 1440. The first-order chi connectivity index (χ1) is 15.7. The van der Waals surface area contributed by atoms with Crippen molar-refractivity contribution in [2.75, 3.05) is 0 Å². The van der Waals surface area contributed by atoms with Crippen LogP contribution < -0.4 is 5.56 Å². The van der Waals surface area contributed by atoms with Crippen LogP contribution in [-0.2, 0) is 6.54 Å². The first kappa shape index (κ1) is 20.7. The summed E-state index contributed by atoms with van der Waals surface area (Å²) in [5.41, 5.74) is 2.38. The summed E-state index contributed by atoms with van der Waals surface area (Å²) in [6, 6.07) is 15.7. The van der Waals surface area contributed by atoms with Crippen molar-refractivity contribution in [2.24, 2.45) is 5.10 Å². The zero-order chi connectivity index (χ0) is 22.1. The zero-order valence-electron chi connectivity index (χ0n) is 17.5. The lowest BCUT2D eigenvalue weighted by Crippen LogP contribution is -2.25. The van der Waals surface area contributed by atoms with E-state index in [0.717, 1.165) is 52.4 Å². The summed E-state index contributed by atoms with van der Waals surface area (Å²) in [6.07, 6.45) is 9.18. The van der Waals surface area contributed by atoms with Crippen molar-refractivity contribution in [2.45, 2.75) is 44.6 Å². The number of nitrogens with zero attached hydrogens (tertiary/aromatic N) is 5. The SMILES string of the molecule is N#CCn1cc(C=Nn2c(C3CCCCC3)nc3ccc(Br)cc3c2=O)c2ccccc21. The van der Waals surface area contributed by atoms with Crippen molar-refractivity contribution in [3.05, 3.63) is 74.9 Å². The monoisotopic (exact) mass is 487 g/mol. The van der Waals surface area contributed by atoms with Crippen LogP contribution in [0.15, 0.2) is 63.0 Å². The van der Waals surface area contributed by atoms with Gasteiger partial charge >= 0.3 is 0 Å². The minimum Gasteiger partial charge on any atom is -0.333 e. The molecule has 0 radical (unpaired) electrons. The molecule has 0 N–H and O–H groups in total. The molecule has 2 heterocycles. The molecule has 32 heavy (non-hydrogen) atoms. The maximum absolute atomic E-state index is 13.5. The number of fused-ring (bicyclic) bond motifs is 2. The Morgan fingerprint density at radius 1 is 1.16 bits per heavy atom. The second kappa shape index (κ2) is 8.71. The van der Waals surface area contributed by atoms with E-state index in [1.807, 2.05) is 47.2 Å². The quantitative estimate of drug-likeness (QED) is 0.353. The third kappa shape index (κ3) is 3.76. The lowest BCUT2D eigenvalue weighted by Gasteiger charge is -2.22. The number of aromatic nitrogens is 3. The van der Waals surface area contributed by atoms with Gasteiger partial charge in [0.15, 0.2) is 0 Å². The molecule has 4 aromatic rings. The maximum atomic E-state index is 13.5. The van der Waals surface area contributed by atoms with Crippen LogP contribution in [0.3, 0.4) is 0 Å². The Balaban J connectivity index is 1.67. The Labute approximate surface area is 193 Å². The number of rotatable bonds is 4. The van der Waals surface area contributed by atoms with Crippen LogP contribution in [0.25, 0.3) is 21.8 Å². The van der Waals surface area contributed by atoms with E-state index >= 15 is 0 Å². The van der Waals surface area contributed by atoms with Crippen LogP contribution in [0.4, 0.5) is 0 Å². The molecule has 0 spiro atoms. The number of benzene rings is 2. The van der Waals surface area contributed by atoms with E-state index in [4.69, 9.17) is 4.98 Å². The Morgan fingerprint density at radius 2 is 1.97 bits per heavy atom. The van der Waals surface area contributed by atoms with Crippen LogP contribution in [0, 0.1) is 11.3 Å². The topological polar surface area (TPSA) is 76.0 Å². The molecule has 0 amide bonds. The number of nitriles is 1. The standard InChI is InChI=1S/C25H22BrN5O/c26-19-10-11-22-21(14-19)25(32)31(24(29-22)17-6-2-1-3-7-17)28-15-18-16-30(13-12-27)23-9-5-4-8-20(18)23/h4-5,8-11,14-17H,1-3,6-7,13H2. The fraction of sp³-hybridized carbons (Fsp3) is 0.280. The highest BCUT2D eigenvalue weighted by molar-refractivity contribution is 9.10. The van der Waals surface area contributed by atoms with Crippen LogP contribution in [0.1, 0.15) is 49.4 Å². The highest BCUT2D eigenvalue weighted by Crippen LogP contribution is 2.32. The van der Waals surface area contributed by atoms with E-state index in [1.54, 1.807) is 12.3 Å². The average molecular weight is 488 g/mol. The smallest absolute Gasteiger partial charge is 0.282 e.